The molecule has 0 radical (unpaired) electrons. The fraction of sp³-hybridized carbons (Fsp3) is 0.333. The second-order valence-electron chi connectivity index (χ2n) is 6.70. The van der Waals surface area contributed by atoms with E-state index in [2.05, 4.69) is 10.6 Å². The molecule has 6 nitrogen and oxygen atoms in total. The van der Waals surface area contributed by atoms with Crippen LogP contribution in [0.1, 0.15) is 18.4 Å². The van der Waals surface area contributed by atoms with Crippen LogP contribution in [-0.4, -0.2) is 32.6 Å². The van der Waals surface area contributed by atoms with Gasteiger partial charge in [-0.05, 0) is 43.0 Å². The van der Waals surface area contributed by atoms with Crippen molar-refractivity contribution in [3.05, 3.63) is 53.8 Å². The van der Waals surface area contributed by atoms with E-state index in [0.717, 1.165) is 0 Å². The van der Waals surface area contributed by atoms with E-state index < -0.39 is 5.41 Å². The fourth-order valence-electron chi connectivity index (χ4n) is 3.02. The number of amides is 2. The number of halogens is 1. The van der Waals surface area contributed by atoms with Crippen molar-refractivity contribution in [3.63, 3.8) is 0 Å². The van der Waals surface area contributed by atoms with Gasteiger partial charge in [-0.1, -0.05) is 18.2 Å². The number of ether oxygens (including phenoxy) is 2. The average Bonchev–Trinajstić information content (AvgIpc) is 3.51. The van der Waals surface area contributed by atoms with Gasteiger partial charge in [-0.3, -0.25) is 9.59 Å². The number of methoxy groups -OCH3 is 2. The molecule has 0 saturated heterocycles. The van der Waals surface area contributed by atoms with Gasteiger partial charge >= 0.3 is 0 Å². The van der Waals surface area contributed by atoms with E-state index >= 15 is 0 Å². The van der Waals surface area contributed by atoms with Crippen LogP contribution in [0, 0.1) is 11.2 Å². The fourth-order valence-corrected chi connectivity index (χ4v) is 3.02. The molecule has 1 aliphatic carbocycles. The lowest BCUT2D eigenvalue weighted by atomic mass is 10.0. The van der Waals surface area contributed by atoms with Crippen molar-refractivity contribution in [2.45, 2.75) is 19.3 Å². The molecule has 0 spiro atoms. The van der Waals surface area contributed by atoms with Gasteiger partial charge in [0, 0.05) is 12.6 Å². The van der Waals surface area contributed by atoms with Crippen LogP contribution in [0.5, 0.6) is 11.5 Å². The molecule has 1 aliphatic rings. The van der Waals surface area contributed by atoms with E-state index in [4.69, 9.17) is 9.47 Å². The summed E-state index contributed by atoms with van der Waals surface area (Å²) < 4.78 is 24.1. The summed E-state index contributed by atoms with van der Waals surface area (Å²) in [6, 6.07) is 11.5. The Balaban J connectivity index is 1.62. The molecule has 2 N–H and O–H groups in total. The number of nitrogens with one attached hydrogen (secondary N) is 2. The molecule has 1 saturated carbocycles. The Morgan fingerprint density at radius 2 is 1.82 bits per heavy atom. The highest BCUT2D eigenvalue weighted by molar-refractivity contribution is 6.13. The number of carbonyl (C=O) groups is 2. The summed E-state index contributed by atoms with van der Waals surface area (Å²) in [6.07, 6.45) is 1.30. The van der Waals surface area contributed by atoms with E-state index in [1.165, 1.54) is 20.3 Å². The van der Waals surface area contributed by atoms with Crippen LogP contribution in [0.3, 0.4) is 0 Å². The average molecular weight is 386 g/mol. The summed E-state index contributed by atoms with van der Waals surface area (Å²) in [5.41, 5.74) is -0.126. The number of hydrogen-bond acceptors (Lipinski definition) is 4. The van der Waals surface area contributed by atoms with E-state index in [1.54, 1.807) is 36.4 Å². The van der Waals surface area contributed by atoms with Crippen molar-refractivity contribution in [3.8, 4) is 11.5 Å². The largest absolute Gasteiger partial charge is 0.497 e. The van der Waals surface area contributed by atoms with Gasteiger partial charge in [-0.15, -0.1) is 0 Å². The Bertz CT molecular complexity index is 880. The minimum atomic E-state index is -1.09. The van der Waals surface area contributed by atoms with Crippen molar-refractivity contribution in [1.82, 2.24) is 5.32 Å². The third kappa shape index (κ3) is 4.08. The Morgan fingerprint density at radius 3 is 2.46 bits per heavy atom. The molecule has 2 amide bonds. The van der Waals surface area contributed by atoms with Gasteiger partial charge in [0.1, 0.15) is 22.7 Å². The first-order chi connectivity index (χ1) is 13.5. The zero-order valence-corrected chi connectivity index (χ0v) is 15.9. The van der Waals surface area contributed by atoms with Gasteiger partial charge in [0.15, 0.2) is 0 Å². The zero-order chi connectivity index (χ0) is 20.1. The standard InChI is InChI=1S/C21H23FN2O4/c1-27-15-7-8-18(28-2)17(13-15)24-20(26)21(10-11-21)19(25)23-12-9-14-5-3-4-6-16(14)22/h3-8,13H,9-12H2,1-2H3,(H,23,25)(H,24,26). The molecule has 148 valence electrons. The van der Waals surface area contributed by atoms with Crippen LogP contribution in [0.2, 0.25) is 0 Å². The first-order valence-corrected chi connectivity index (χ1v) is 9.05. The minimum Gasteiger partial charge on any atom is -0.497 e. The van der Waals surface area contributed by atoms with Crippen LogP contribution in [-0.2, 0) is 16.0 Å². The quantitative estimate of drug-likeness (QED) is 0.684. The highest BCUT2D eigenvalue weighted by Gasteiger charge is 2.56. The van der Waals surface area contributed by atoms with Gasteiger partial charge in [0.05, 0.1) is 19.9 Å². The lowest BCUT2D eigenvalue weighted by molar-refractivity contribution is -0.134. The molecule has 0 atom stereocenters. The van der Waals surface area contributed by atoms with E-state index in [9.17, 15) is 14.0 Å². The monoisotopic (exact) mass is 386 g/mol. The van der Waals surface area contributed by atoms with Gasteiger partial charge in [-0.2, -0.15) is 0 Å². The summed E-state index contributed by atoms with van der Waals surface area (Å²) in [4.78, 5) is 25.4. The van der Waals surface area contributed by atoms with Crippen molar-refractivity contribution in [1.29, 1.82) is 0 Å². The van der Waals surface area contributed by atoms with E-state index in [1.807, 2.05) is 0 Å². The second-order valence-corrected chi connectivity index (χ2v) is 6.70. The van der Waals surface area contributed by atoms with Crippen molar-refractivity contribution < 1.29 is 23.5 Å². The summed E-state index contributed by atoms with van der Waals surface area (Å²) in [5, 5.41) is 5.53. The molecule has 0 unspecified atom stereocenters. The van der Waals surface area contributed by atoms with Gasteiger partial charge in [0.2, 0.25) is 11.8 Å². The first-order valence-electron chi connectivity index (χ1n) is 9.05. The van der Waals surface area contributed by atoms with Crippen molar-refractivity contribution in [2.75, 3.05) is 26.1 Å². The molecule has 28 heavy (non-hydrogen) atoms. The number of benzene rings is 2. The van der Waals surface area contributed by atoms with Crippen LogP contribution in [0.4, 0.5) is 10.1 Å². The van der Waals surface area contributed by atoms with Crippen LogP contribution < -0.4 is 20.1 Å². The molecule has 0 bridgehead atoms. The summed E-state index contributed by atoms with van der Waals surface area (Å²) in [5.74, 6) is 0.00610. The highest BCUT2D eigenvalue weighted by atomic mass is 19.1. The summed E-state index contributed by atoms with van der Waals surface area (Å²) in [6.45, 7) is 0.261. The number of anilines is 1. The molecule has 1 fully saturated rings. The number of carbonyl (C=O) groups excluding carboxylic acids is 2. The second kappa shape index (κ2) is 8.29. The van der Waals surface area contributed by atoms with Gasteiger partial charge < -0.3 is 20.1 Å². The minimum absolute atomic E-state index is 0.261. The highest BCUT2D eigenvalue weighted by Crippen LogP contribution is 2.47. The molecule has 0 aromatic heterocycles. The maximum Gasteiger partial charge on any atom is 0.240 e. The normalized spacial score (nSPS) is 14.1. The Morgan fingerprint density at radius 1 is 1.07 bits per heavy atom. The summed E-state index contributed by atoms with van der Waals surface area (Å²) >= 11 is 0. The molecule has 2 aromatic rings. The Hall–Kier alpha value is -3.09. The predicted octanol–water partition coefficient (Wildman–Crippen LogP) is 2.92. The maximum absolute atomic E-state index is 13.7. The summed E-state index contributed by atoms with van der Waals surface area (Å²) in [7, 11) is 3.03. The smallest absolute Gasteiger partial charge is 0.240 e. The molecule has 0 heterocycles. The van der Waals surface area contributed by atoms with E-state index in [0.29, 0.717) is 42.0 Å². The topological polar surface area (TPSA) is 76.7 Å². The third-order valence-electron chi connectivity index (χ3n) is 4.91. The lowest BCUT2D eigenvalue weighted by Crippen LogP contribution is -2.40. The molecule has 0 aliphatic heterocycles. The van der Waals surface area contributed by atoms with Crippen LogP contribution in [0.15, 0.2) is 42.5 Å². The first kappa shape index (κ1) is 19.7. The van der Waals surface area contributed by atoms with Crippen molar-refractivity contribution in [2.24, 2.45) is 5.41 Å². The van der Waals surface area contributed by atoms with Gasteiger partial charge in [0.25, 0.3) is 0 Å². The SMILES string of the molecule is COc1ccc(OC)c(NC(=O)C2(C(=O)NCCc3ccccc3F)CC2)c1. The molecular formula is C21H23FN2O4. The Kier molecular flexibility index (Phi) is 5.82. The number of rotatable bonds is 8. The van der Waals surface area contributed by atoms with Crippen LogP contribution in [0.25, 0.3) is 0 Å². The van der Waals surface area contributed by atoms with Gasteiger partial charge in [-0.25, -0.2) is 4.39 Å². The van der Waals surface area contributed by atoms with E-state index in [-0.39, 0.29) is 24.2 Å². The Labute approximate surface area is 163 Å². The van der Waals surface area contributed by atoms with Crippen molar-refractivity contribution >= 4 is 17.5 Å². The molecular weight excluding hydrogens is 363 g/mol. The number of hydrogen-bond donors (Lipinski definition) is 2. The maximum atomic E-state index is 13.7. The lowest BCUT2D eigenvalue weighted by Gasteiger charge is -2.17. The van der Waals surface area contributed by atoms with Crippen LogP contribution >= 0.6 is 0 Å². The predicted molar refractivity (Wildman–Crippen MR) is 103 cm³/mol. The molecule has 7 heteroatoms. The third-order valence-corrected chi connectivity index (χ3v) is 4.91. The zero-order valence-electron chi connectivity index (χ0n) is 15.9. The molecule has 3 rings (SSSR count). The molecule has 2 aromatic carbocycles.